The summed E-state index contributed by atoms with van der Waals surface area (Å²) in [6.07, 6.45) is -3.70. The van der Waals surface area contributed by atoms with E-state index >= 15 is 0 Å². The van der Waals surface area contributed by atoms with E-state index in [1.807, 2.05) is 5.09 Å². The molecule has 2 aromatic rings. The number of imidazole rings is 1. The van der Waals surface area contributed by atoms with Gasteiger partial charge in [-0.3, -0.25) is 18.7 Å². The highest BCUT2D eigenvalue weighted by molar-refractivity contribution is 7.49. The van der Waals surface area contributed by atoms with Crippen LogP contribution in [0.25, 0.3) is 11.2 Å². The van der Waals surface area contributed by atoms with Gasteiger partial charge in [-0.15, -0.1) is 0 Å². The molecule has 0 aromatic carbocycles. The molecule has 0 amide bonds. The Labute approximate surface area is 186 Å². The van der Waals surface area contributed by atoms with Gasteiger partial charge in [-0.05, 0) is 0 Å². The molecule has 17 heteroatoms. The number of aliphatic hydroxyl groups excluding tert-OH is 2. The molecule has 33 heavy (non-hydrogen) atoms. The maximum atomic E-state index is 12.3. The van der Waals surface area contributed by atoms with Gasteiger partial charge in [0, 0.05) is 0 Å². The van der Waals surface area contributed by atoms with Gasteiger partial charge in [0.05, 0.1) is 33.6 Å². The van der Waals surface area contributed by atoms with Crippen LogP contribution in [0.5, 0.6) is 0 Å². The Hall–Kier alpha value is -2.72. The minimum absolute atomic E-state index is 0.0946. The third-order valence-electron chi connectivity index (χ3n) is 4.81. The first-order valence-corrected chi connectivity index (χ1v) is 10.9. The summed E-state index contributed by atoms with van der Waals surface area (Å²) < 4.78 is 32.9. The van der Waals surface area contributed by atoms with Crippen molar-refractivity contribution in [3.63, 3.8) is 0 Å². The van der Waals surface area contributed by atoms with Crippen molar-refractivity contribution in [3.8, 4) is 0 Å². The number of methoxy groups -OCH3 is 2. The topological polar surface area (TPSA) is 233 Å². The van der Waals surface area contributed by atoms with E-state index in [1.54, 1.807) is 0 Å². The van der Waals surface area contributed by atoms with Gasteiger partial charge in [0.15, 0.2) is 17.7 Å². The zero-order chi connectivity index (χ0) is 24.3. The number of carbonyl (C=O) groups is 2. The minimum atomic E-state index is -4.94. The number of anilines is 1. The lowest BCUT2D eigenvalue weighted by Crippen LogP contribution is -2.41. The molecule has 3 heterocycles. The number of hydrogen-bond donors (Lipinski definition) is 4. The number of nitrogen functional groups attached to an aromatic ring is 1. The number of aliphatic hydroxyl groups is 2. The standard InChI is InChI=1S/C16H23N6O10P/c1-29-9(23)3-7(16(26)30-2)21-33(27,28)31-4-8-11(24)12(25)15(32-8)22-6-20-10-13(17)18-5-19-14(10)22/h5-8,11-12,15,24-25H,3-4H2,1-2H3,(H2,17,18,19)(H2,21,27,28)/p-1/t7-,8-,11-,12+,15-/m0/s1. The Morgan fingerprint density at radius 2 is 2.03 bits per heavy atom. The van der Waals surface area contributed by atoms with Gasteiger partial charge >= 0.3 is 11.9 Å². The van der Waals surface area contributed by atoms with Crippen LogP contribution in [0, 0.1) is 0 Å². The van der Waals surface area contributed by atoms with Gasteiger partial charge in [0.2, 0.25) is 7.75 Å². The molecule has 3 rings (SSSR count). The summed E-state index contributed by atoms with van der Waals surface area (Å²) in [5.41, 5.74) is 6.20. The van der Waals surface area contributed by atoms with E-state index in [4.69, 9.17) is 15.0 Å². The highest BCUT2D eigenvalue weighted by Gasteiger charge is 2.45. The number of ether oxygens (including phenoxy) is 3. The minimum Gasteiger partial charge on any atom is -0.766 e. The lowest BCUT2D eigenvalue weighted by molar-refractivity contribution is -0.207. The van der Waals surface area contributed by atoms with Crippen molar-refractivity contribution in [3.05, 3.63) is 12.7 Å². The van der Waals surface area contributed by atoms with Crippen LogP contribution >= 0.6 is 7.75 Å². The smallest absolute Gasteiger partial charge is 0.323 e. The first kappa shape index (κ1) is 24.9. The SMILES string of the molecule is COC(=O)C[C@H](NP(=O)([O-])OC[C@@H]1O[C@H](n2cnc3c(N)ncnc32)[C@H](O)[C@H]1O)C(=O)OC. The van der Waals surface area contributed by atoms with E-state index in [9.17, 15) is 29.3 Å². The summed E-state index contributed by atoms with van der Waals surface area (Å²) in [6.45, 7) is -0.724. The molecule has 16 nitrogen and oxygen atoms in total. The van der Waals surface area contributed by atoms with Crippen molar-refractivity contribution < 1.29 is 48.0 Å². The predicted octanol–water partition coefficient (Wildman–Crippen LogP) is -2.79. The Morgan fingerprint density at radius 3 is 2.70 bits per heavy atom. The fraction of sp³-hybridized carbons (Fsp3) is 0.562. The number of nitrogens with zero attached hydrogens (tertiary/aromatic N) is 4. The first-order valence-electron chi connectivity index (χ1n) is 9.40. The van der Waals surface area contributed by atoms with Crippen LogP contribution in [0.4, 0.5) is 5.82 Å². The van der Waals surface area contributed by atoms with E-state index in [0.29, 0.717) is 0 Å². The fourth-order valence-electron chi connectivity index (χ4n) is 3.13. The molecule has 0 radical (unpaired) electrons. The lowest BCUT2D eigenvalue weighted by Gasteiger charge is -2.29. The first-order chi connectivity index (χ1) is 15.6. The average molecular weight is 489 g/mol. The molecule has 5 N–H and O–H groups in total. The monoisotopic (exact) mass is 489 g/mol. The van der Waals surface area contributed by atoms with E-state index in [1.165, 1.54) is 17.2 Å². The van der Waals surface area contributed by atoms with Crippen LogP contribution in [-0.2, 0) is 32.9 Å². The fourth-order valence-corrected chi connectivity index (χ4v) is 4.12. The normalized spacial score (nSPS) is 25.5. The summed E-state index contributed by atoms with van der Waals surface area (Å²) in [7, 11) is -2.87. The Morgan fingerprint density at radius 1 is 1.30 bits per heavy atom. The van der Waals surface area contributed by atoms with Crippen molar-refractivity contribution in [1.29, 1.82) is 0 Å². The zero-order valence-corrected chi connectivity index (χ0v) is 18.3. The number of aromatic nitrogens is 4. The summed E-state index contributed by atoms with van der Waals surface area (Å²) >= 11 is 0. The van der Waals surface area contributed by atoms with Crippen LogP contribution in [0.2, 0.25) is 0 Å². The molecule has 0 spiro atoms. The van der Waals surface area contributed by atoms with Crippen LogP contribution < -0.4 is 15.7 Å². The van der Waals surface area contributed by atoms with Crippen molar-refractivity contribution in [2.75, 3.05) is 26.6 Å². The molecule has 0 bridgehead atoms. The van der Waals surface area contributed by atoms with Gasteiger partial charge in [-0.25, -0.2) is 20.0 Å². The Kier molecular flexibility index (Phi) is 7.58. The average Bonchev–Trinajstić information content (AvgIpc) is 3.33. The number of carbonyl (C=O) groups excluding carboxylic acids is 2. The second-order valence-electron chi connectivity index (χ2n) is 6.91. The number of nitrogens with one attached hydrogen (secondary N) is 1. The molecular weight excluding hydrogens is 467 g/mol. The number of rotatable bonds is 9. The van der Waals surface area contributed by atoms with Gasteiger partial charge in [0.1, 0.15) is 36.2 Å². The number of hydrogen-bond acceptors (Lipinski definition) is 14. The van der Waals surface area contributed by atoms with E-state index in [0.717, 1.165) is 14.2 Å². The largest absolute Gasteiger partial charge is 0.766 e. The summed E-state index contributed by atoms with van der Waals surface area (Å²) in [4.78, 5) is 47.4. The summed E-state index contributed by atoms with van der Waals surface area (Å²) in [5, 5.41) is 22.6. The van der Waals surface area contributed by atoms with Gasteiger partial charge < -0.3 is 39.6 Å². The molecule has 1 saturated heterocycles. The predicted molar refractivity (Wildman–Crippen MR) is 105 cm³/mol. The van der Waals surface area contributed by atoms with E-state index in [-0.39, 0.29) is 17.0 Å². The molecule has 2 aromatic heterocycles. The molecular formula is C16H22N6O10P-. The third-order valence-corrected chi connectivity index (χ3v) is 5.92. The Bertz CT molecular complexity index is 1070. The highest BCUT2D eigenvalue weighted by atomic mass is 31.2. The molecule has 0 saturated carbocycles. The molecule has 6 atom stereocenters. The van der Waals surface area contributed by atoms with Crippen molar-refractivity contribution in [2.24, 2.45) is 0 Å². The molecule has 1 aliphatic rings. The number of nitrogens with two attached hydrogens (primary N) is 1. The van der Waals surface area contributed by atoms with Crippen molar-refractivity contribution >= 4 is 36.7 Å². The molecule has 1 fully saturated rings. The molecule has 1 unspecified atom stereocenters. The third kappa shape index (κ3) is 5.44. The lowest BCUT2D eigenvalue weighted by atomic mass is 10.1. The second kappa shape index (κ2) is 10.0. The van der Waals surface area contributed by atoms with Crippen LogP contribution in [-0.4, -0.2) is 86.9 Å². The van der Waals surface area contributed by atoms with Gasteiger partial charge in [0.25, 0.3) is 0 Å². The van der Waals surface area contributed by atoms with Crippen LogP contribution in [0.3, 0.4) is 0 Å². The Balaban J connectivity index is 1.68. The van der Waals surface area contributed by atoms with Gasteiger partial charge in [-0.2, -0.15) is 0 Å². The second-order valence-corrected chi connectivity index (χ2v) is 8.42. The van der Waals surface area contributed by atoms with Crippen LogP contribution in [0.15, 0.2) is 12.7 Å². The van der Waals surface area contributed by atoms with Crippen molar-refractivity contribution in [2.45, 2.75) is 37.0 Å². The molecule has 0 aliphatic carbocycles. The number of fused-ring (bicyclic) bond motifs is 1. The zero-order valence-electron chi connectivity index (χ0n) is 17.4. The summed E-state index contributed by atoms with van der Waals surface area (Å²) in [5.74, 6) is -1.81. The van der Waals surface area contributed by atoms with Gasteiger partial charge in [-0.1, -0.05) is 0 Å². The van der Waals surface area contributed by atoms with E-state index in [2.05, 4.69) is 24.4 Å². The maximum Gasteiger partial charge on any atom is 0.323 e. The number of esters is 2. The summed E-state index contributed by atoms with van der Waals surface area (Å²) in [6, 6.07) is -1.60. The van der Waals surface area contributed by atoms with E-state index < -0.39 is 63.3 Å². The highest BCUT2D eigenvalue weighted by Crippen LogP contribution is 2.37. The maximum absolute atomic E-state index is 12.3. The molecule has 182 valence electrons. The van der Waals surface area contributed by atoms with Crippen LogP contribution in [0.1, 0.15) is 12.6 Å². The quantitative estimate of drug-likeness (QED) is 0.206. The molecule has 1 aliphatic heterocycles. The van der Waals surface area contributed by atoms with Crippen molar-refractivity contribution in [1.82, 2.24) is 24.6 Å².